The molecule has 12 heteroatoms. The van der Waals surface area contributed by atoms with Gasteiger partial charge in [0.05, 0.1) is 9.81 Å². The van der Waals surface area contributed by atoms with E-state index in [1.165, 1.54) is 9.80 Å². The molecule has 0 aromatic heterocycles. The van der Waals surface area contributed by atoms with Crippen molar-refractivity contribution in [3.63, 3.8) is 0 Å². The average molecular weight is 457 g/mol. The molecule has 8 nitrogen and oxygen atoms in total. The second kappa shape index (κ2) is 7.73. The lowest BCUT2D eigenvalue weighted by Gasteiger charge is -2.35. The van der Waals surface area contributed by atoms with Gasteiger partial charge in [-0.3, -0.25) is 29.0 Å². The van der Waals surface area contributed by atoms with Gasteiger partial charge in [-0.25, -0.2) is 0 Å². The standard InChI is InChI=1S/C16H16N4O4S4/c21-9-1-3-19-13(23)11(27-15(19)25)12-14(24)20(16(26)28-12)4-2-10(22)18-7-5-17(9)6-8-18/h1-8H2/b12-11+. The molecule has 0 radical (unpaired) electrons. The molecule has 3 saturated heterocycles. The summed E-state index contributed by atoms with van der Waals surface area (Å²) in [6.45, 7) is 2.20. The number of carbonyl (C=O) groups excluding carboxylic acids is 4. The van der Waals surface area contributed by atoms with Gasteiger partial charge in [-0.1, -0.05) is 48.0 Å². The van der Waals surface area contributed by atoms with Crippen molar-refractivity contribution < 1.29 is 19.2 Å². The van der Waals surface area contributed by atoms with Crippen molar-refractivity contribution >= 4 is 80.2 Å². The van der Waals surface area contributed by atoms with Gasteiger partial charge in [-0.15, -0.1) is 0 Å². The van der Waals surface area contributed by atoms with Crippen LogP contribution in [0.4, 0.5) is 0 Å². The van der Waals surface area contributed by atoms with Crippen LogP contribution in [0, 0.1) is 0 Å². The summed E-state index contributed by atoms with van der Waals surface area (Å²) >= 11 is 12.7. The fraction of sp³-hybridized carbons (Fsp3) is 0.500. The number of fused-ring (bicyclic) bond motifs is 6. The fourth-order valence-corrected chi connectivity index (χ4v) is 6.16. The smallest absolute Gasteiger partial charge is 0.267 e. The van der Waals surface area contributed by atoms with Crippen molar-refractivity contribution in [3.05, 3.63) is 9.81 Å². The van der Waals surface area contributed by atoms with Crippen LogP contribution in [0.25, 0.3) is 0 Å². The van der Waals surface area contributed by atoms with E-state index in [1.807, 2.05) is 0 Å². The summed E-state index contributed by atoms with van der Waals surface area (Å²) in [5.41, 5.74) is 0. The summed E-state index contributed by atoms with van der Waals surface area (Å²) in [4.78, 5) is 57.3. The van der Waals surface area contributed by atoms with Crippen molar-refractivity contribution in [2.45, 2.75) is 12.8 Å². The van der Waals surface area contributed by atoms with Crippen LogP contribution in [0.1, 0.15) is 12.8 Å². The highest BCUT2D eigenvalue weighted by atomic mass is 32.2. The lowest BCUT2D eigenvalue weighted by molar-refractivity contribution is -0.140. The zero-order chi connectivity index (χ0) is 20.0. The maximum atomic E-state index is 12.8. The summed E-state index contributed by atoms with van der Waals surface area (Å²) in [6, 6.07) is 0. The fourth-order valence-electron chi connectivity index (χ4n) is 3.39. The molecule has 6 bridgehead atoms. The Labute approximate surface area is 180 Å². The lowest BCUT2D eigenvalue weighted by Crippen LogP contribution is -2.51. The molecule has 0 saturated carbocycles. The second-order valence-electron chi connectivity index (χ2n) is 6.57. The molecule has 0 aromatic carbocycles. The molecule has 0 unspecified atom stereocenters. The van der Waals surface area contributed by atoms with Crippen molar-refractivity contribution in [3.8, 4) is 0 Å². The van der Waals surface area contributed by atoms with Gasteiger partial charge in [0.1, 0.15) is 8.64 Å². The Morgan fingerprint density at radius 2 is 0.964 bits per heavy atom. The molecule has 3 fully saturated rings. The lowest BCUT2D eigenvalue weighted by atomic mass is 10.2. The molecule has 0 aliphatic carbocycles. The Kier molecular flexibility index (Phi) is 5.47. The van der Waals surface area contributed by atoms with E-state index in [1.54, 1.807) is 9.80 Å². The first-order valence-electron chi connectivity index (χ1n) is 8.74. The van der Waals surface area contributed by atoms with Gasteiger partial charge in [0.25, 0.3) is 11.8 Å². The number of hydrogen-bond donors (Lipinski definition) is 0. The predicted octanol–water partition coefficient (Wildman–Crippen LogP) is 0.383. The third-order valence-electron chi connectivity index (χ3n) is 4.99. The molecular formula is C16H16N4O4S4. The normalized spacial score (nSPS) is 27.0. The van der Waals surface area contributed by atoms with Crippen LogP contribution in [0.2, 0.25) is 0 Å². The highest BCUT2D eigenvalue weighted by molar-refractivity contribution is 8.29. The van der Waals surface area contributed by atoms with Gasteiger partial charge >= 0.3 is 0 Å². The first-order valence-corrected chi connectivity index (χ1v) is 11.2. The molecule has 0 aromatic rings. The molecule has 5 aliphatic rings. The van der Waals surface area contributed by atoms with Crippen molar-refractivity contribution in [1.82, 2.24) is 19.6 Å². The summed E-state index contributed by atoms with van der Waals surface area (Å²) < 4.78 is 0.671. The van der Waals surface area contributed by atoms with Crippen LogP contribution in [0.15, 0.2) is 9.81 Å². The Morgan fingerprint density at radius 3 is 1.32 bits per heavy atom. The van der Waals surface area contributed by atoms with E-state index >= 15 is 0 Å². The number of piperazine rings is 1. The van der Waals surface area contributed by atoms with Crippen LogP contribution < -0.4 is 0 Å². The zero-order valence-corrected chi connectivity index (χ0v) is 18.0. The van der Waals surface area contributed by atoms with Crippen molar-refractivity contribution in [2.24, 2.45) is 0 Å². The van der Waals surface area contributed by atoms with Gasteiger partial charge in [-0.2, -0.15) is 0 Å². The maximum absolute atomic E-state index is 12.8. The van der Waals surface area contributed by atoms with Gasteiger partial charge in [0, 0.05) is 52.1 Å². The molecule has 5 rings (SSSR count). The summed E-state index contributed by atoms with van der Waals surface area (Å²) in [5, 5.41) is 0. The van der Waals surface area contributed by atoms with Gasteiger partial charge in [-0.05, 0) is 0 Å². The van der Waals surface area contributed by atoms with E-state index < -0.39 is 0 Å². The monoisotopic (exact) mass is 456 g/mol. The number of thioether (sulfide) groups is 2. The van der Waals surface area contributed by atoms with Gasteiger partial charge in [0.2, 0.25) is 11.8 Å². The van der Waals surface area contributed by atoms with Crippen LogP contribution in [-0.2, 0) is 19.2 Å². The molecule has 4 amide bonds. The Bertz CT molecular complexity index is 782. The van der Waals surface area contributed by atoms with Crippen LogP contribution in [-0.4, -0.2) is 91.1 Å². The average Bonchev–Trinajstić information content (AvgIpc) is 3.12. The highest BCUT2D eigenvalue weighted by Gasteiger charge is 2.42. The Morgan fingerprint density at radius 1 is 0.607 bits per heavy atom. The van der Waals surface area contributed by atoms with E-state index in [0.717, 1.165) is 23.5 Å². The van der Waals surface area contributed by atoms with E-state index in [-0.39, 0.29) is 59.4 Å². The molecule has 0 N–H and O–H groups in total. The summed E-state index contributed by atoms with van der Waals surface area (Å²) in [7, 11) is 0. The SMILES string of the molecule is O=C1CCN2C(=O)/C(=C3\SC(=S)N(CCC(=O)N4CCN1CC4)C3=O)SC2=S. The third-order valence-corrected chi connectivity index (χ3v) is 8.01. The van der Waals surface area contributed by atoms with E-state index in [0.29, 0.717) is 34.8 Å². The second-order valence-corrected chi connectivity index (χ2v) is 9.86. The van der Waals surface area contributed by atoms with Crippen molar-refractivity contribution in [2.75, 3.05) is 39.3 Å². The first kappa shape index (κ1) is 19.8. The minimum atomic E-state index is -0.365. The van der Waals surface area contributed by atoms with E-state index in [2.05, 4.69) is 0 Å². The van der Waals surface area contributed by atoms with Crippen LogP contribution >= 0.6 is 48.0 Å². The summed E-state index contributed by atoms with van der Waals surface area (Å²) in [5.74, 6) is -0.869. The molecular weight excluding hydrogens is 440 g/mol. The zero-order valence-electron chi connectivity index (χ0n) is 14.7. The van der Waals surface area contributed by atoms with Crippen molar-refractivity contribution in [1.29, 1.82) is 0 Å². The largest absolute Gasteiger partial charge is 0.339 e. The Hall–Kier alpha value is -1.50. The number of nitrogens with zero attached hydrogens (tertiary/aromatic N) is 4. The van der Waals surface area contributed by atoms with E-state index in [4.69, 9.17) is 24.4 Å². The quantitative estimate of drug-likeness (QED) is 0.484. The molecule has 5 aliphatic heterocycles. The number of hydrogen-bond acceptors (Lipinski definition) is 8. The predicted molar refractivity (Wildman–Crippen MR) is 113 cm³/mol. The minimum absolute atomic E-state index is 0.0698. The molecule has 5 heterocycles. The minimum Gasteiger partial charge on any atom is -0.339 e. The van der Waals surface area contributed by atoms with Gasteiger partial charge in [0.15, 0.2) is 0 Å². The number of amides is 4. The highest BCUT2D eigenvalue weighted by Crippen LogP contribution is 2.42. The topological polar surface area (TPSA) is 81.2 Å². The maximum Gasteiger partial charge on any atom is 0.267 e. The molecule has 0 spiro atoms. The molecule has 28 heavy (non-hydrogen) atoms. The van der Waals surface area contributed by atoms with Crippen LogP contribution in [0.5, 0.6) is 0 Å². The number of rotatable bonds is 0. The first-order chi connectivity index (χ1) is 13.4. The van der Waals surface area contributed by atoms with E-state index in [9.17, 15) is 19.2 Å². The van der Waals surface area contributed by atoms with Gasteiger partial charge < -0.3 is 9.80 Å². The van der Waals surface area contributed by atoms with Crippen LogP contribution in [0.3, 0.4) is 0 Å². The third kappa shape index (κ3) is 3.46. The Balaban J connectivity index is 1.66. The number of carbonyl (C=O) groups is 4. The molecule has 148 valence electrons. The number of thiocarbonyl (C=S) groups is 2. The summed E-state index contributed by atoms with van der Waals surface area (Å²) in [6.07, 6.45) is 0.295. The molecule has 0 atom stereocenters.